The Morgan fingerprint density at radius 2 is 2.16 bits per heavy atom. The van der Waals surface area contributed by atoms with E-state index in [2.05, 4.69) is 35.4 Å². The molecule has 1 fully saturated rings. The number of hydrogen-bond acceptors (Lipinski definition) is 9. The number of nitrogen functional groups attached to an aromatic ring is 1. The molecule has 0 spiro atoms. The van der Waals surface area contributed by atoms with E-state index < -0.39 is 0 Å². The van der Waals surface area contributed by atoms with Gasteiger partial charge in [0.05, 0.1) is 5.69 Å². The number of halogens is 1. The maximum absolute atomic E-state index is 13.5. The second-order valence-corrected chi connectivity index (χ2v) is 7.64. The second kappa shape index (κ2) is 7.91. The van der Waals surface area contributed by atoms with Crippen molar-refractivity contribution in [2.24, 2.45) is 0 Å². The summed E-state index contributed by atoms with van der Waals surface area (Å²) in [5.41, 5.74) is 7.54. The molecule has 160 valence electrons. The van der Waals surface area contributed by atoms with Gasteiger partial charge in [-0.15, -0.1) is 5.10 Å². The van der Waals surface area contributed by atoms with Crippen molar-refractivity contribution in [1.29, 1.82) is 0 Å². The van der Waals surface area contributed by atoms with Crippen LogP contribution in [-0.2, 0) is 6.54 Å². The van der Waals surface area contributed by atoms with Gasteiger partial charge in [-0.05, 0) is 38.4 Å². The molecule has 31 heavy (non-hydrogen) atoms. The van der Waals surface area contributed by atoms with Crippen LogP contribution in [0.5, 0.6) is 0 Å². The van der Waals surface area contributed by atoms with Gasteiger partial charge in [0.25, 0.3) is 5.78 Å². The summed E-state index contributed by atoms with van der Waals surface area (Å²) in [6.07, 6.45) is 2.18. The van der Waals surface area contributed by atoms with E-state index in [1.54, 1.807) is 12.1 Å². The SMILES string of the molecule is Cc1cc(CN2CCCC2CNc2nc(N)n3nc(-c4cccc(F)c4)nc3n2)no1. The molecule has 11 heteroatoms. The lowest BCUT2D eigenvalue weighted by molar-refractivity contribution is 0.245. The van der Waals surface area contributed by atoms with Gasteiger partial charge in [-0.3, -0.25) is 4.90 Å². The Hall–Kier alpha value is -3.60. The van der Waals surface area contributed by atoms with E-state index in [-0.39, 0.29) is 11.8 Å². The lowest BCUT2D eigenvalue weighted by Gasteiger charge is -2.23. The number of fused-ring (bicyclic) bond motifs is 1. The Balaban J connectivity index is 1.31. The largest absolute Gasteiger partial charge is 0.368 e. The van der Waals surface area contributed by atoms with Crippen molar-refractivity contribution in [1.82, 2.24) is 34.6 Å². The quantitative estimate of drug-likeness (QED) is 0.481. The van der Waals surface area contributed by atoms with Gasteiger partial charge in [0.2, 0.25) is 11.9 Å². The number of hydrogen-bond donors (Lipinski definition) is 2. The third-order valence-corrected chi connectivity index (χ3v) is 5.35. The molecule has 10 nitrogen and oxygen atoms in total. The fourth-order valence-corrected chi connectivity index (χ4v) is 3.88. The Morgan fingerprint density at radius 1 is 1.26 bits per heavy atom. The van der Waals surface area contributed by atoms with E-state index in [0.29, 0.717) is 35.7 Å². The van der Waals surface area contributed by atoms with Crippen molar-refractivity contribution in [3.63, 3.8) is 0 Å². The van der Waals surface area contributed by atoms with E-state index in [1.165, 1.54) is 16.6 Å². The molecular weight excluding hydrogens is 401 g/mol. The number of anilines is 2. The molecule has 4 aromatic rings. The summed E-state index contributed by atoms with van der Waals surface area (Å²) in [6, 6.07) is 8.34. The van der Waals surface area contributed by atoms with E-state index in [0.717, 1.165) is 37.4 Å². The normalized spacial score (nSPS) is 16.9. The van der Waals surface area contributed by atoms with Gasteiger partial charge >= 0.3 is 0 Å². The number of aryl methyl sites for hydroxylation is 1. The maximum atomic E-state index is 13.5. The first-order valence-corrected chi connectivity index (χ1v) is 10.1. The number of benzene rings is 1. The zero-order valence-electron chi connectivity index (χ0n) is 17.0. The van der Waals surface area contributed by atoms with Crippen LogP contribution in [0, 0.1) is 12.7 Å². The first-order chi connectivity index (χ1) is 15.0. The lowest BCUT2D eigenvalue weighted by atomic mass is 10.2. The third kappa shape index (κ3) is 4.04. The van der Waals surface area contributed by atoms with Crippen LogP contribution in [0.15, 0.2) is 34.9 Å². The highest BCUT2D eigenvalue weighted by Gasteiger charge is 2.25. The molecule has 0 amide bonds. The van der Waals surface area contributed by atoms with Crippen LogP contribution in [0.1, 0.15) is 24.3 Å². The summed E-state index contributed by atoms with van der Waals surface area (Å²) < 4.78 is 20.1. The number of nitrogens with zero attached hydrogens (tertiary/aromatic N) is 7. The molecule has 1 saturated heterocycles. The molecule has 4 heterocycles. The summed E-state index contributed by atoms with van der Waals surface area (Å²) in [4.78, 5) is 15.5. The predicted octanol–water partition coefficient (Wildman–Crippen LogP) is 2.28. The standard InChI is InChI=1S/C20H22FN9O/c1-12-8-15(28-31-12)11-29-7-3-6-16(29)10-23-19-25-18(22)30-20(26-19)24-17(27-30)13-4-2-5-14(21)9-13/h2,4-5,8-9,16H,3,6-7,10-11H2,1H3,(H3,22,23,24,25,26,27). The average Bonchev–Trinajstić information content (AvgIpc) is 3.47. The van der Waals surface area contributed by atoms with Crippen LogP contribution < -0.4 is 11.1 Å². The summed E-state index contributed by atoms with van der Waals surface area (Å²) >= 11 is 0. The fraction of sp³-hybridized carbons (Fsp3) is 0.350. The maximum Gasteiger partial charge on any atom is 0.259 e. The van der Waals surface area contributed by atoms with E-state index in [1.807, 2.05) is 13.0 Å². The second-order valence-electron chi connectivity index (χ2n) is 7.64. The molecule has 5 rings (SSSR count). The van der Waals surface area contributed by atoms with Crippen molar-refractivity contribution in [3.8, 4) is 11.4 Å². The van der Waals surface area contributed by atoms with Crippen LogP contribution in [-0.4, -0.2) is 53.8 Å². The number of likely N-dealkylation sites (tertiary alicyclic amines) is 1. The van der Waals surface area contributed by atoms with Crippen LogP contribution in [0.2, 0.25) is 0 Å². The molecular formula is C20H22FN9O. The van der Waals surface area contributed by atoms with Crippen LogP contribution in [0.4, 0.5) is 16.3 Å². The van der Waals surface area contributed by atoms with Gasteiger partial charge in [0, 0.05) is 30.8 Å². The Morgan fingerprint density at radius 3 is 2.97 bits per heavy atom. The average molecular weight is 423 g/mol. The molecule has 3 aromatic heterocycles. The highest BCUT2D eigenvalue weighted by molar-refractivity contribution is 5.58. The first-order valence-electron chi connectivity index (χ1n) is 10.1. The molecule has 1 unspecified atom stereocenters. The Bertz CT molecular complexity index is 1220. The zero-order chi connectivity index (χ0) is 21.4. The van der Waals surface area contributed by atoms with Gasteiger partial charge < -0.3 is 15.6 Å². The molecule has 0 saturated carbocycles. The molecule has 0 aliphatic carbocycles. The lowest BCUT2D eigenvalue weighted by Crippen LogP contribution is -2.35. The number of nitrogens with one attached hydrogen (secondary N) is 1. The van der Waals surface area contributed by atoms with E-state index in [9.17, 15) is 4.39 Å². The predicted molar refractivity (Wildman–Crippen MR) is 112 cm³/mol. The van der Waals surface area contributed by atoms with Crippen molar-refractivity contribution in [2.75, 3.05) is 24.1 Å². The van der Waals surface area contributed by atoms with Crippen LogP contribution in [0.3, 0.4) is 0 Å². The van der Waals surface area contributed by atoms with Gasteiger partial charge in [-0.1, -0.05) is 17.3 Å². The minimum Gasteiger partial charge on any atom is -0.368 e. The van der Waals surface area contributed by atoms with E-state index in [4.69, 9.17) is 10.3 Å². The first kappa shape index (κ1) is 19.4. The van der Waals surface area contributed by atoms with E-state index >= 15 is 0 Å². The monoisotopic (exact) mass is 423 g/mol. The fourth-order valence-electron chi connectivity index (χ4n) is 3.88. The molecule has 1 aliphatic rings. The molecule has 3 N–H and O–H groups in total. The van der Waals surface area contributed by atoms with Gasteiger partial charge in [0.15, 0.2) is 5.82 Å². The van der Waals surface area contributed by atoms with Crippen LogP contribution >= 0.6 is 0 Å². The molecule has 1 aromatic carbocycles. The van der Waals surface area contributed by atoms with Gasteiger partial charge in [-0.2, -0.15) is 19.5 Å². The summed E-state index contributed by atoms with van der Waals surface area (Å²) in [5.74, 6) is 1.63. The van der Waals surface area contributed by atoms with Crippen molar-refractivity contribution in [2.45, 2.75) is 32.4 Å². The van der Waals surface area contributed by atoms with Crippen molar-refractivity contribution < 1.29 is 8.91 Å². The number of nitrogens with two attached hydrogens (primary N) is 1. The smallest absolute Gasteiger partial charge is 0.259 e. The third-order valence-electron chi connectivity index (χ3n) is 5.35. The summed E-state index contributed by atoms with van der Waals surface area (Å²) in [6.45, 7) is 4.30. The highest BCUT2D eigenvalue weighted by Crippen LogP contribution is 2.21. The van der Waals surface area contributed by atoms with Gasteiger partial charge in [-0.25, -0.2) is 4.39 Å². The highest BCUT2D eigenvalue weighted by atomic mass is 19.1. The number of rotatable bonds is 6. The van der Waals surface area contributed by atoms with Gasteiger partial charge in [0.1, 0.15) is 11.6 Å². The minimum atomic E-state index is -0.361. The van der Waals surface area contributed by atoms with Crippen molar-refractivity contribution >= 4 is 17.7 Å². The summed E-state index contributed by atoms with van der Waals surface area (Å²) in [7, 11) is 0. The molecule has 1 aliphatic heterocycles. The Kier molecular flexibility index (Phi) is 4.94. The molecule has 0 radical (unpaired) electrons. The minimum absolute atomic E-state index is 0.156. The zero-order valence-corrected chi connectivity index (χ0v) is 17.0. The number of aromatic nitrogens is 6. The topological polar surface area (TPSA) is 123 Å². The molecule has 1 atom stereocenters. The summed E-state index contributed by atoms with van der Waals surface area (Å²) in [5, 5.41) is 11.7. The van der Waals surface area contributed by atoms with Crippen molar-refractivity contribution in [3.05, 3.63) is 47.6 Å². The van der Waals surface area contributed by atoms with Crippen LogP contribution in [0.25, 0.3) is 17.2 Å². The molecule has 0 bridgehead atoms. The Labute approximate surface area is 177 Å².